The summed E-state index contributed by atoms with van der Waals surface area (Å²) in [4.78, 5) is 0. The molecule has 2 unspecified atom stereocenters. The summed E-state index contributed by atoms with van der Waals surface area (Å²) in [6.45, 7) is 7.40. The number of benzene rings is 1. The number of rotatable bonds is 8. The van der Waals surface area contributed by atoms with Crippen LogP contribution in [0.1, 0.15) is 45.2 Å². The molecule has 19 heavy (non-hydrogen) atoms. The lowest BCUT2D eigenvalue weighted by Crippen LogP contribution is -2.40. The van der Waals surface area contributed by atoms with Crippen LogP contribution < -0.4 is 5.32 Å². The summed E-state index contributed by atoms with van der Waals surface area (Å²) in [5.41, 5.74) is 1.30. The van der Waals surface area contributed by atoms with Gasteiger partial charge in [-0.2, -0.15) is 0 Å². The molecule has 0 amide bonds. The second-order valence-electron chi connectivity index (χ2n) is 5.37. The Morgan fingerprint density at radius 2 is 1.84 bits per heavy atom. The van der Waals surface area contributed by atoms with Gasteiger partial charge in [0.05, 0.1) is 6.61 Å². The molecule has 2 nitrogen and oxygen atoms in total. The van der Waals surface area contributed by atoms with Gasteiger partial charge in [-0.05, 0) is 30.0 Å². The average molecular weight is 284 g/mol. The molecule has 0 saturated heterocycles. The lowest BCUT2D eigenvalue weighted by molar-refractivity contribution is 0.139. The fourth-order valence-corrected chi connectivity index (χ4v) is 2.33. The van der Waals surface area contributed by atoms with E-state index in [1.807, 2.05) is 12.1 Å². The first kappa shape index (κ1) is 16.5. The molecule has 0 aliphatic carbocycles. The van der Waals surface area contributed by atoms with Gasteiger partial charge in [0, 0.05) is 24.2 Å². The van der Waals surface area contributed by atoms with Crippen molar-refractivity contribution in [3.8, 4) is 0 Å². The van der Waals surface area contributed by atoms with Crippen LogP contribution in [0.25, 0.3) is 0 Å². The molecule has 0 fully saturated rings. The summed E-state index contributed by atoms with van der Waals surface area (Å²) >= 11 is 5.96. The van der Waals surface area contributed by atoms with E-state index in [1.54, 1.807) is 7.11 Å². The smallest absolute Gasteiger partial charge is 0.0618 e. The van der Waals surface area contributed by atoms with Crippen LogP contribution in [-0.4, -0.2) is 19.8 Å². The quantitative estimate of drug-likeness (QED) is 0.761. The molecule has 1 rings (SSSR count). The van der Waals surface area contributed by atoms with Crippen LogP contribution in [0.15, 0.2) is 24.3 Å². The molecular weight excluding hydrogens is 258 g/mol. The van der Waals surface area contributed by atoms with E-state index in [0.29, 0.717) is 18.0 Å². The van der Waals surface area contributed by atoms with Crippen molar-refractivity contribution in [3.63, 3.8) is 0 Å². The number of methoxy groups -OCH3 is 1. The van der Waals surface area contributed by atoms with E-state index < -0.39 is 0 Å². The number of hydrogen-bond acceptors (Lipinski definition) is 2. The molecule has 0 heterocycles. The van der Waals surface area contributed by atoms with Gasteiger partial charge in [0.25, 0.3) is 0 Å². The normalized spacial score (nSPS) is 14.6. The van der Waals surface area contributed by atoms with E-state index in [0.717, 1.165) is 24.5 Å². The predicted octanol–water partition coefficient (Wildman–Crippen LogP) is 4.44. The Kier molecular flexibility index (Phi) is 7.44. The molecular formula is C16H26ClNO. The van der Waals surface area contributed by atoms with E-state index >= 15 is 0 Å². The molecule has 0 aliphatic heterocycles. The Labute approximate surface area is 122 Å². The number of halogens is 1. The van der Waals surface area contributed by atoms with Crippen LogP contribution in [-0.2, 0) is 4.74 Å². The molecule has 1 aromatic rings. The SMILES string of the molecule is CCCC(NC(COC)C(C)C)c1ccc(Cl)cc1. The molecule has 1 N–H and O–H groups in total. The molecule has 0 spiro atoms. The van der Waals surface area contributed by atoms with Crippen LogP contribution in [0.2, 0.25) is 5.02 Å². The summed E-state index contributed by atoms with van der Waals surface area (Å²) in [5.74, 6) is 0.548. The zero-order valence-corrected chi connectivity index (χ0v) is 13.2. The molecule has 0 aromatic heterocycles. The van der Waals surface area contributed by atoms with Gasteiger partial charge < -0.3 is 10.1 Å². The fraction of sp³-hybridized carbons (Fsp3) is 0.625. The Morgan fingerprint density at radius 1 is 1.21 bits per heavy atom. The zero-order chi connectivity index (χ0) is 14.3. The summed E-state index contributed by atoms with van der Waals surface area (Å²) in [6, 6.07) is 8.88. The Morgan fingerprint density at radius 3 is 2.32 bits per heavy atom. The van der Waals surface area contributed by atoms with Crippen LogP contribution in [0.4, 0.5) is 0 Å². The van der Waals surface area contributed by atoms with Crippen molar-refractivity contribution in [3.05, 3.63) is 34.9 Å². The molecule has 3 heteroatoms. The number of nitrogens with one attached hydrogen (secondary N) is 1. The first-order chi connectivity index (χ1) is 9.08. The molecule has 0 radical (unpaired) electrons. The monoisotopic (exact) mass is 283 g/mol. The van der Waals surface area contributed by atoms with E-state index in [-0.39, 0.29) is 0 Å². The van der Waals surface area contributed by atoms with Crippen molar-refractivity contribution < 1.29 is 4.74 Å². The molecule has 1 aromatic carbocycles. The van der Waals surface area contributed by atoms with Crippen molar-refractivity contribution in [2.45, 2.75) is 45.7 Å². The van der Waals surface area contributed by atoms with Gasteiger partial charge in [-0.1, -0.05) is 50.9 Å². The van der Waals surface area contributed by atoms with Gasteiger partial charge >= 0.3 is 0 Å². The van der Waals surface area contributed by atoms with Crippen molar-refractivity contribution in [2.24, 2.45) is 5.92 Å². The van der Waals surface area contributed by atoms with E-state index in [2.05, 4.69) is 38.2 Å². The van der Waals surface area contributed by atoms with Crippen LogP contribution in [0.5, 0.6) is 0 Å². The fourth-order valence-electron chi connectivity index (χ4n) is 2.20. The van der Waals surface area contributed by atoms with E-state index in [9.17, 15) is 0 Å². The van der Waals surface area contributed by atoms with Gasteiger partial charge in [0.2, 0.25) is 0 Å². The third-order valence-electron chi connectivity index (χ3n) is 3.42. The standard InChI is InChI=1S/C16H26ClNO/c1-5-6-15(13-7-9-14(17)10-8-13)18-16(11-19-4)12(2)3/h7-10,12,15-16,18H,5-6,11H2,1-4H3. The van der Waals surface area contributed by atoms with Crippen molar-refractivity contribution in [1.82, 2.24) is 5.32 Å². The number of ether oxygens (including phenoxy) is 1. The van der Waals surface area contributed by atoms with E-state index in [1.165, 1.54) is 5.56 Å². The summed E-state index contributed by atoms with van der Waals surface area (Å²) in [5, 5.41) is 4.51. The highest BCUT2D eigenvalue weighted by Gasteiger charge is 2.19. The second-order valence-corrected chi connectivity index (χ2v) is 5.80. The minimum absolute atomic E-state index is 0.366. The predicted molar refractivity (Wildman–Crippen MR) is 82.7 cm³/mol. The van der Waals surface area contributed by atoms with Crippen LogP contribution in [0, 0.1) is 5.92 Å². The number of hydrogen-bond donors (Lipinski definition) is 1. The summed E-state index contributed by atoms with van der Waals surface area (Å²) in [6.07, 6.45) is 2.27. The average Bonchev–Trinajstić information content (AvgIpc) is 2.38. The van der Waals surface area contributed by atoms with Gasteiger partial charge in [-0.25, -0.2) is 0 Å². The van der Waals surface area contributed by atoms with Gasteiger partial charge in [-0.15, -0.1) is 0 Å². The molecule has 108 valence electrons. The second kappa shape index (κ2) is 8.57. The third kappa shape index (κ3) is 5.52. The van der Waals surface area contributed by atoms with Gasteiger partial charge in [-0.3, -0.25) is 0 Å². The first-order valence-electron chi connectivity index (χ1n) is 7.08. The summed E-state index contributed by atoms with van der Waals surface area (Å²) in [7, 11) is 1.76. The molecule has 2 atom stereocenters. The highest BCUT2D eigenvalue weighted by molar-refractivity contribution is 6.30. The molecule has 0 aliphatic rings. The minimum Gasteiger partial charge on any atom is -0.383 e. The topological polar surface area (TPSA) is 21.3 Å². The highest BCUT2D eigenvalue weighted by Crippen LogP contribution is 2.22. The molecule has 0 bridgehead atoms. The third-order valence-corrected chi connectivity index (χ3v) is 3.67. The maximum absolute atomic E-state index is 5.96. The lowest BCUT2D eigenvalue weighted by Gasteiger charge is -2.28. The Hall–Kier alpha value is -0.570. The Bertz CT molecular complexity index is 350. The van der Waals surface area contributed by atoms with Crippen molar-refractivity contribution in [2.75, 3.05) is 13.7 Å². The van der Waals surface area contributed by atoms with Crippen LogP contribution in [0.3, 0.4) is 0 Å². The maximum atomic E-state index is 5.96. The van der Waals surface area contributed by atoms with Crippen LogP contribution >= 0.6 is 11.6 Å². The van der Waals surface area contributed by atoms with Gasteiger partial charge in [0.15, 0.2) is 0 Å². The maximum Gasteiger partial charge on any atom is 0.0618 e. The summed E-state index contributed by atoms with van der Waals surface area (Å²) < 4.78 is 5.32. The van der Waals surface area contributed by atoms with Gasteiger partial charge in [0.1, 0.15) is 0 Å². The van der Waals surface area contributed by atoms with E-state index in [4.69, 9.17) is 16.3 Å². The Balaban J connectivity index is 2.78. The lowest BCUT2D eigenvalue weighted by atomic mass is 9.98. The zero-order valence-electron chi connectivity index (χ0n) is 12.4. The first-order valence-corrected chi connectivity index (χ1v) is 7.46. The van der Waals surface area contributed by atoms with Crippen molar-refractivity contribution in [1.29, 1.82) is 0 Å². The largest absolute Gasteiger partial charge is 0.383 e. The minimum atomic E-state index is 0.366. The van der Waals surface area contributed by atoms with Crippen molar-refractivity contribution >= 4 is 11.6 Å². The highest BCUT2D eigenvalue weighted by atomic mass is 35.5. The molecule has 0 saturated carbocycles.